The predicted octanol–water partition coefficient (Wildman–Crippen LogP) is 1.35. The number of piperidine rings is 1. The zero-order chi connectivity index (χ0) is 13.7. The fraction of sp³-hybridized carbons (Fsp3) is 0.429. The van der Waals surface area contributed by atoms with Gasteiger partial charge in [0.1, 0.15) is 6.04 Å². The molecule has 1 unspecified atom stereocenters. The van der Waals surface area contributed by atoms with Gasteiger partial charge in [-0.1, -0.05) is 18.2 Å². The normalized spacial score (nSPS) is 18.8. The third-order valence-corrected chi connectivity index (χ3v) is 4.00. The first-order valence-electron chi connectivity index (χ1n) is 6.39. The first kappa shape index (κ1) is 13.9. The van der Waals surface area contributed by atoms with Crippen molar-refractivity contribution in [1.29, 1.82) is 0 Å². The van der Waals surface area contributed by atoms with E-state index in [0.717, 1.165) is 23.3 Å². The van der Waals surface area contributed by atoms with E-state index in [9.17, 15) is 9.59 Å². The lowest BCUT2D eigenvalue weighted by molar-refractivity contribution is -0.129. The van der Waals surface area contributed by atoms with Crippen LogP contribution in [0.5, 0.6) is 0 Å². The topological polar surface area (TPSA) is 58.2 Å². The number of amides is 2. The van der Waals surface area contributed by atoms with E-state index < -0.39 is 0 Å². The predicted molar refractivity (Wildman–Crippen MR) is 76.1 cm³/mol. The minimum atomic E-state index is -0.373. The highest BCUT2D eigenvalue weighted by atomic mass is 32.2. The lowest BCUT2D eigenvalue weighted by Crippen LogP contribution is -2.50. The molecule has 0 radical (unpaired) electrons. The van der Waals surface area contributed by atoms with Crippen molar-refractivity contribution in [3.8, 4) is 0 Å². The van der Waals surface area contributed by atoms with Crippen molar-refractivity contribution in [3.05, 3.63) is 29.8 Å². The SMILES string of the molecule is CSc1ccccc1CC(=O)NC1CCCNC1=O. The van der Waals surface area contributed by atoms with Gasteiger partial charge in [0.15, 0.2) is 0 Å². The van der Waals surface area contributed by atoms with Crippen LogP contribution in [0, 0.1) is 0 Å². The second kappa shape index (κ2) is 6.61. The molecule has 0 aromatic heterocycles. The van der Waals surface area contributed by atoms with Crippen LogP contribution in [0.15, 0.2) is 29.2 Å². The van der Waals surface area contributed by atoms with Gasteiger partial charge in [-0.05, 0) is 30.7 Å². The number of thioether (sulfide) groups is 1. The van der Waals surface area contributed by atoms with Gasteiger partial charge in [0, 0.05) is 11.4 Å². The third-order valence-electron chi connectivity index (χ3n) is 3.16. The Bertz CT molecular complexity index is 476. The maximum Gasteiger partial charge on any atom is 0.242 e. The van der Waals surface area contributed by atoms with Gasteiger partial charge in [0.05, 0.1) is 6.42 Å². The van der Waals surface area contributed by atoms with Crippen molar-refractivity contribution in [2.45, 2.75) is 30.2 Å². The van der Waals surface area contributed by atoms with Crippen LogP contribution in [0.3, 0.4) is 0 Å². The molecule has 19 heavy (non-hydrogen) atoms. The molecule has 1 heterocycles. The van der Waals surface area contributed by atoms with E-state index in [0.29, 0.717) is 13.0 Å². The Morgan fingerprint density at radius 1 is 1.47 bits per heavy atom. The van der Waals surface area contributed by atoms with E-state index in [1.54, 1.807) is 11.8 Å². The minimum Gasteiger partial charge on any atom is -0.354 e. The lowest BCUT2D eigenvalue weighted by atomic mass is 10.1. The summed E-state index contributed by atoms with van der Waals surface area (Å²) in [6.45, 7) is 0.709. The van der Waals surface area contributed by atoms with Crippen molar-refractivity contribution >= 4 is 23.6 Å². The molecule has 1 aromatic carbocycles. The number of carbonyl (C=O) groups excluding carboxylic acids is 2. The standard InChI is InChI=1S/C14H18N2O2S/c1-19-12-7-3-2-5-10(12)9-13(17)16-11-6-4-8-15-14(11)18/h2-3,5,7,11H,4,6,8-9H2,1H3,(H,15,18)(H,16,17). The first-order valence-corrected chi connectivity index (χ1v) is 7.62. The Hall–Kier alpha value is -1.49. The second-order valence-corrected chi connectivity index (χ2v) is 5.39. The molecule has 1 aliphatic rings. The molecule has 1 saturated heterocycles. The Morgan fingerprint density at radius 2 is 2.26 bits per heavy atom. The largest absolute Gasteiger partial charge is 0.354 e. The molecule has 102 valence electrons. The van der Waals surface area contributed by atoms with E-state index in [1.807, 2.05) is 30.5 Å². The van der Waals surface area contributed by atoms with Gasteiger partial charge in [0.25, 0.3) is 0 Å². The maximum absolute atomic E-state index is 12.0. The zero-order valence-electron chi connectivity index (χ0n) is 10.9. The average Bonchev–Trinajstić information content (AvgIpc) is 2.42. The molecule has 0 spiro atoms. The summed E-state index contributed by atoms with van der Waals surface area (Å²) in [6, 6.07) is 7.47. The molecule has 1 atom stereocenters. The fourth-order valence-electron chi connectivity index (χ4n) is 2.18. The molecule has 1 fully saturated rings. The van der Waals surface area contributed by atoms with Crippen LogP contribution in [0.2, 0.25) is 0 Å². The number of carbonyl (C=O) groups is 2. The van der Waals surface area contributed by atoms with E-state index in [1.165, 1.54) is 0 Å². The zero-order valence-corrected chi connectivity index (χ0v) is 11.8. The fourth-order valence-corrected chi connectivity index (χ4v) is 2.79. The molecule has 0 aliphatic carbocycles. The molecule has 2 amide bonds. The number of hydrogen-bond acceptors (Lipinski definition) is 3. The summed E-state index contributed by atoms with van der Waals surface area (Å²) in [7, 11) is 0. The molecule has 5 heteroatoms. The van der Waals surface area contributed by atoms with E-state index in [2.05, 4.69) is 10.6 Å². The van der Waals surface area contributed by atoms with Gasteiger partial charge < -0.3 is 10.6 Å². The Kier molecular flexibility index (Phi) is 4.85. The number of nitrogens with one attached hydrogen (secondary N) is 2. The summed E-state index contributed by atoms with van der Waals surface area (Å²) < 4.78 is 0. The first-order chi connectivity index (χ1) is 9.20. The molecule has 4 nitrogen and oxygen atoms in total. The summed E-state index contributed by atoms with van der Waals surface area (Å²) in [5.74, 6) is -0.165. The van der Waals surface area contributed by atoms with Crippen LogP contribution < -0.4 is 10.6 Å². The highest BCUT2D eigenvalue weighted by Crippen LogP contribution is 2.20. The van der Waals surface area contributed by atoms with Crippen molar-refractivity contribution in [2.75, 3.05) is 12.8 Å². The van der Waals surface area contributed by atoms with Crippen LogP contribution >= 0.6 is 11.8 Å². The van der Waals surface area contributed by atoms with Crippen molar-refractivity contribution in [1.82, 2.24) is 10.6 Å². The van der Waals surface area contributed by atoms with Crippen LogP contribution in [-0.4, -0.2) is 30.7 Å². The van der Waals surface area contributed by atoms with Crippen LogP contribution in [-0.2, 0) is 16.0 Å². The Labute approximate surface area is 117 Å². The van der Waals surface area contributed by atoms with Gasteiger partial charge >= 0.3 is 0 Å². The van der Waals surface area contributed by atoms with E-state index >= 15 is 0 Å². The summed E-state index contributed by atoms with van der Waals surface area (Å²) in [5, 5.41) is 5.57. The van der Waals surface area contributed by atoms with Crippen molar-refractivity contribution in [2.24, 2.45) is 0 Å². The maximum atomic E-state index is 12.0. The smallest absolute Gasteiger partial charge is 0.242 e. The molecular weight excluding hydrogens is 260 g/mol. The highest BCUT2D eigenvalue weighted by molar-refractivity contribution is 7.98. The summed E-state index contributed by atoms with van der Waals surface area (Å²) in [5.41, 5.74) is 1.00. The highest BCUT2D eigenvalue weighted by Gasteiger charge is 2.23. The minimum absolute atomic E-state index is 0.0715. The van der Waals surface area contributed by atoms with Gasteiger partial charge in [-0.25, -0.2) is 0 Å². The van der Waals surface area contributed by atoms with E-state index in [4.69, 9.17) is 0 Å². The molecule has 2 rings (SSSR count). The molecule has 0 bridgehead atoms. The molecule has 1 aromatic rings. The number of rotatable bonds is 4. The van der Waals surface area contributed by atoms with Crippen LogP contribution in [0.1, 0.15) is 18.4 Å². The van der Waals surface area contributed by atoms with Gasteiger partial charge in [-0.2, -0.15) is 0 Å². The third kappa shape index (κ3) is 3.73. The van der Waals surface area contributed by atoms with Gasteiger partial charge in [0.2, 0.25) is 11.8 Å². The lowest BCUT2D eigenvalue weighted by Gasteiger charge is -2.22. The van der Waals surface area contributed by atoms with Crippen LogP contribution in [0.25, 0.3) is 0 Å². The quantitative estimate of drug-likeness (QED) is 0.817. The summed E-state index contributed by atoms with van der Waals surface area (Å²) >= 11 is 1.62. The molecule has 1 aliphatic heterocycles. The summed E-state index contributed by atoms with van der Waals surface area (Å²) in [6.07, 6.45) is 3.95. The molecular formula is C14H18N2O2S. The average molecular weight is 278 g/mol. The summed E-state index contributed by atoms with van der Waals surface area (Å²) in [4.78, 5) is 24.7. The molecule has 0 saturated carbocycles. The number of hydrogen-bond donors (Lipinski definition) is 2. The van der Waals surface area contributed by atoms with Gasteiger partial charge in [-0.15, -0.1) is 11.8 Å². The van der Waals surface area contributed by atoms with Crippen LogP contribution in [0.4, 0.5) is 0 Å². The van der Waals surface area contributed by atoms with Crippen molar-refractivity contribution in [3.63, 3.8) is 0 Å². The molecule has 2 N–H and O–H groups in total. The van der Waals surface area contributed by atoms with Crippen molar-refractivity contribution < 1.29 is 9.59 Å². The monoisotopic (exact) mass is 278 g/mol. The van der Waals surface area contributed by atoms with E-state index in [-0.39, 0.29) is 17.9 Å². The Balaban J connectivity index is 1.95. The second-order valence-electron chi connectivity index (χ2n) is 4.54. The number of benzene rings is 1. The van der Waals surface area contributed by atoms with Gasteiger partial charge in [-0.3, -0.25) is 9.59 Å². The Morgan fingerprint density at radius 3 is 3.00 bits per heavy atom.